The van der Waals surface area contributed by atoms with Crippen LogP contribution in [0.4, 0.5) is 18.9 Å². The summed E-state index contributed by atoms with van der Waals surface area (Å²) >= 11 is 0. The van der Waals surface area contributed by atoms with E-state index in [2.05, 4.69) is 24.4 Å². The van der Waals surface area contributed by atoms with Gasteiger partial charge in [0.15, 0.2) is 0 Å². The second-order valence-corrected chi connectivity index (χ2v) is 8.83. The second kappa shape index (κ2) is 15.4. The van der Waals surface area contributed by atoms with Gasteiger partial charge in [-0.05, 0) is 93.4 Å². The standard InChI is InChI=1S/C27H34F3N3O.C2H6/c1-2-14-32-15-4-3-5-18-34-25-10-7-21(8-11-25)22-12-16-33(17-13-22)24-9-6-23(20-31)26(19-24)27(28,29)30;1-2/h6-11,19,22,32H,2-5,12-18H2,1H3;1-2H3. The minimum absolute atomic E-state index is 0.336. The van der Waals surface area contributed by atoms with E-state index in [0.717, 1.165) is 63.6 Å². The Morgan fingerprint density at radius 3 is 2.31 bits per heavy atom. The van der Waals surface area contributed by atoms with E-state index in [0.29, 0.717) is 24.7 Å². The molecule has 0 amide bonds. The zero-order valence-corrected chi connectivity index (χ0v) is 21.8. The number of alkyl halides is 3. The molecule has 2 aromatic rings. The van der Waals surface area contributed by atoms with Gasteiger partial charge in [0, 0.05) is 18.8 Å². The molecule has 7 heteroatoms. The van der Waals surface area contributed by atoms with Gasteiger partial charge in [0.1, 0.15) is 5.75 Å². The summed E-state index contributed by atoms with van der Waals surface area (Å²) in [5.74, 6) is 1.25. The fraction of sp³-hybridized carbons (Fsp3) is 0.552. The zero-order chi connectivity index (χ0) is 26.4. The monoisotopic (exact) mass is 503 g/mol. The molecule has 1 saturated heterocycles. The topological polar surface area (TPSA) is 48.3 Å². The first-order valence-electron chi connectivity index (χ1n) is 13.2. The molecular formula is C29H40F3N3O. The Balaban J connectivity index is 0.00000222. The molecule has 0 atom stereocenters. The van der Waals surface area contributed by atoms with Crippen LogP contribution in [0.5, 0.6) is 5.75 Å². The summed E-state index contributed by atoms with van der Waals surface area (Å²) in [4.78, 5) is 1.97. The SMILES string of the molecule is CC.CCCNCCCCCOc1ccc(C2CCN(c3ccc(C#N)c(C(F)(F)F)c3)CC2)cc1. The summed E-state index contributed by atoms with van der Waals surface area (Å²) in [6.07, 6.45) is 1.73. The highest BCUT2D eigenvalue weighted by Crippen LogP contribution is 2.36. The summed E-state index contributed by atoms with van der Waals surface area (Å²) in [7, 11) is 0. The van der Waals surface area contributed by atoms with Crippen molar-refractivity contribution in [2.24, 2.45) is 0 Å². The predicted molar refractivity (Wildman–Crippen MR) is 141 cm³/mol. The summed E-state index contributed by atoms with van der Waals surface area (Å²) in [5, 5.41) is 12.4. The van der Waals surface area contributed by atoms with Gasteiger partial charge in [-0.3, -0.25) is 0 Å². The number of nitrogens with one attached hydrogen (secondary N) is 1. The van der Waals surface area contributed by atoms with Crippen LogP contribution in [0, 0.1) is 11.3 Å². The smallest absolute Gasteiger partial charge is 0.417 e. The third kappa shape index (κ3) is 9.05. The molecule has 1 fully saturated rings. The van der Waals surface area contributed by atoms with Gasteiger partial charge in [-0.2, -0.15) is 18.4 Å². The van der Waals surface area contributed by atoms with Crippen molar-refractivity contribution in [3.05, 3.63) is 59.2 Å². The zero-order valence-electron chi connectivity index (χ0n) is 21.8. The molecule has 1 aliphatic rings. The molecule has 3 rings (SSSR count). The lowest BCUT2D eigenvalue weighted by atomic mass is 9.89. The highest BCUT2D eigenvalue weighted by molar-refractivity contribution is 5.55. The second-order valence-electron chi connectivity index (χ2n) is 8.83. The van der Waals surface area contributed by atoms with E-state index in [-0.39, 0.29) is 5.56 Å². The number of piperidine rings is 1. The quantitative estimate of drug-likeness (QED) is 0.322. The molecule has 0 radical (unpaired) electrons. The van der Waals surface area contributed by atoms with Gasteiger partial charge >= 0.3 is 6.18 Å². The van der Waals surface area contributed by atoms with Crippen LogP contribution < -0.4 is 15.0 Å². The molecule has 1 N–H and O–H groups in total. The summed E-state index contributed by atoms with van der Waals surface area (Å²) in [6.45, 7) is 10.4. The van der Waals surface area contributed by atoms with Gasteiger partial charge in [0.05, 0.1) is 23.8 Å². The van der Waals surface area contributed by atoms with Gasteiger partial charge < -0.3 is 15.0 Å². The summed E-state index contributed by atoms with van der Waals surface area (Å²) < 4.78 is 45.7. The number of nitriles is 1. The number of nitrogens with zero attached hydrogens (tertiary/aromatic N) is 2. The van der Waals surface area contributed by atoms with Crippen LogP contribution in [0.25, 0.3) is 0 Å². The maximum atomic E-state index is 13.3. The fourth-order valence-corrected chi connectivity index (χ4v) is 4.39. The number of rotatable bonds is 11. The van der Waals surface area contributed by atoms with E-state index in [1.54, 1.807) is 12.1 Å². The molecule has 4 nitrogen and oxygen atoms in total. The van der Waals surface area contributed by atoms with Crippen molar-refractivity contribution in [2.75, 3.05) is 37.7 Å². The molecule has 2 aromatic carbocycles. The highest BCUT2D eigenvalue weighted by Gasteiger charge is 2.34. The van der Waals surface area contributed by atoms with Gasteiger partial charge in [-0.15, -0.1) is 0 Å². The van der Waals surface area contributed by atoms with Gasteiger partial charge in [0.2, 0.25) is 0 Å². The van der Waals surface area contributed by atoms with Gasteiger partial charge in [-0.25, -0.2) is 0 Å². The normalized spacial score (nSPS) is 14.1. The molecule has 0 aliphatic carbocycles. The molecule has 0 bridgehead atoms. The van der Waals surface area contributed by atoms with E-state index in [1.807, 2.05) is 30.9 Å². The Kier molecular flexibility index (Phi) is 12.6. The first-order valence-corrected chi connectivity index (χ1v) is 13.2. The highest BCUT2D eigenvalue weighted by atomic mass is 19.4. The maximum Gasteiger partial charge on any atom is 0.417 e. The first kappa shape index (κ1) is 29.5. The molecule has 0 spiro atoms. The van der Waals surface area contributed by atoms with E-state index in [4.69, 9.17) is 10.00 Å². The molecule has 198 valence electrons. The fourth-order valence-electron chi connectivity index (χ4n) is 4.39. The van der Waals surface area contributed by atoms with Crippen molar-refractivity contribution in [3.8, 4) is 11.8 Å². The average Bonchev–Trinajstić information content (AvgIpc) is 2.91. The van der Waals surface area contributed by atoms with Crippen LogP contribution >= 0.6 is 0 Å². The van der Waals surface area contributed by atoms with E-state index < -0.39 is 11.7 Å². The molecule has 1 heterocycles. The maximum absolute atomic E-state index is 13.3. The Morgan fingerprint density at radius 1 is 1.00 bits per heavy atom. The summed E-state index contributed by atoms with van der Waals surface area (Å²) in [6, 6.07) is 13.9. The largest absolute Gasteiger partial charge is 0.494 e. The predicted octanol–water partition coefficient (Wildman–Crippen LogP) is 7.54. The number of anilines is 1. The van der Waals surface area contributed by atoms with Crippen molar-refractivity contribution in [1.82, 2.24) is 5.32 Å². The van der Waals surface area contributed by atoms with Crippen LogP contribution in [0.2, 0.25) is 0 Å². The molecule has 36 heavy (non-hydrogen) atoms. The van der Waals surface area contributed by atoms with Crippen LogP contribution in [0.3, 0.4) is 0 Å². The van der Waals surface area contributed by atoms with Crippen molar-refractivity contribution in [1.29, 1.82) is 5.26 Å². The number of benzene rings is 2. The lowest BCUT2D eigenvalue weighted by molar-refractivity contribution is -0.137. The third-order valence-corrected chi connectivity index (χ3v) is 6.33. The van der Waals surface area contributed by atoms with Crippen molar-refractivity contribution in [2.45, 2.75) is 71.4 Å². The number of ether oxygens (including phenoxy) is 1. The van der Waals surface area contributed by atoms with Gasteiger partial charge in [0.25, 0.3) is 0 Å². The first-order chi connectivity index (χ1) is 17.4. The van der Waals surface area contributed by atoms with Crippen molar-refractivity contribution < 1.29 is 17.9 Å². The third-order valence-electron chi connectivity index (χ3n) is 6.33. The van der Waals surface area contributed by atoms with Crippen molar-refractivity contribution >= 4 is 5.69 Å². The average molecular weight is 504 g/mol. The molecular weight excluding hydrogens is 463 g/mol. The minimum atomic E-state index is -4.53. The van der Waals surface area contributed by atoms with Gasteiger partial charge in [-0.1, -0.05) is 32.9 Å². The lowest BCUT2D eigenvalue weighted by Crippen LogP contribution is -2.33. The summed E-state index contributed by atoms with van der Waals surface area (Å²) in [5.41, 5.74) is 0.565. The Morgan fingerprint density at radius 2 is 1.69 bits per heavy atom. The number of hydrogen-bond donors (Lipinski definition) is 1. The van der Waals surface area contributed by atoms with Crippen LogP contribution in [-0.4, -0.2) is 32.8 Å². The number of hydrogen-bond acceptors (Lipinski definition) is 4. The number of halogens is 3. The molecule has 0 saturated carbocycles. The van der Waals surface area contributed by atoms with Crippen molar-refractivity contribution in [3.63, 3.8) is 0 Å². The van der Waals surface area contributed by atoms with Crippen LogP contribution in [0.15, 0.2) is 42.5 Å². The van der Waals surface area contributed by atoms with E-state index in [9.17, 15) is 13.2 Å². The number of unbranched alkanes of at least 4 members (excludes halogenated alkanes) is 2. The molecule has 0 aromatic heterocycles. The lowest BCUT2D eigenvalue weighted by Gasteiger charge is -2.34. The molecule has 0 unspecified atom stereocenters. The van der Waals surface area contributed by atoms with Crippen LogP contribution in [-0.2, 0) is 6.18 Å². The molecule has 1 aliphatic heterocycles. The van der Waals surface area contributed by atoms with Crippen LogP contribution in [0.1, 0.15) is 81.9 Å². The Bertz CT molecular complexity index is 930. The Hall–Kier alpha value is -2.72. The van der Waals surface area contributed by atoms with E-state index >= 15 is 0 Å². The van der Waals surface area contributed by atoms with E-state index in [1.165, 1.54) is 18.1 Å². The Labute approximate surface area is 214 Å². The minimum Gasteiger partial charge on any atom is -0.494 e.